The van der Waals surface area contributed by atoms with Crippen LogP contribution in [0.25, 0.3) is 196 Å². The van der Waals surface area contributed by atoms with Crippen LogP contribution in [0.2, 0.25) is 0 Å². The molecule has 23 aromatic rings. The average Bonchev–Trinajstić information content (AvgIpc) is 1.65. The first-order valence-electron chi connectivity index (χ1n) is 35.6. The molecule has 0 atom stereocenters. The van der Waals surface area contributed by atoms with Gasteiger partial charge in [-0.2, -0.15) is 0 Å². The molecule has 0 aliphatic heterocycles. The molecule has 0 N–H and O–H groups in total. The van der Waals surface area contributed by atoms with E-state index in [0.29, 0.717) is 0 Å². The summed E-state index contributed by atoms with van der Waals surface area (Å²) in [6.07, 6.45) is 0. The Bertz CT molecular complexity index is 7360. The van der Waals surface area contributed by atoms with Crippen molar-refractivity contribution in [2.24, 2.45) is 0 Å². The molecule has 18 aromatic carbocycles. The molecule has 0 spiro atoms. The van der Waals surface area contributed by atoms with Crippen LogP contribution in [0.1, 0.15) is 27.8 Å². The van der Waals surface area contributed by atoms with Crippen molar-refractivity contribution < 1.29 is 22.1 Å². The van der Waals surface area contributed by atoms with Crippen molar-refractivity contribution in [3.05, 3.63) is 349 Å². The number of rotatable bonds is 1. The maximum Gasteiger partial charge on any atom is 0.143 e. The van der Waals surface area contributed by atoms with Gasteiger partial charge in [0, 0.05) is 70.2 Å². The summed E-state index contributed by atoms with van der Waals surface area (Å²) in [5.74, 6) is 0. The largest absolute Gasteiger partial charge is 0.456 e. The lowest BCUT2D eigenvalue weighted by molar-refractivity contribution is 0.668. The normalized spacial score (nSPS) is 11.7. The summed E-state index contributed by atoms with van der Waals surface area (Å²) in [5.41, 5.74) is 18.3. The molecule has 5 heterocycles. The number of hydrogen-bond acceptors (Lipinski definition) is 5. The Morgan fingerprint density at radius 3 is 1.18 bits per heavy atom. The predicted molar refractivity (Wildman–Crippen MR) is 440 cm³/mol. The fourth-order valence-corrected chi connectivity index (χ4v) is 16.0. The second-order valence-corrected chi connectivity index (χ2v) is 27.6. The molecule has 0 saturated heterocycles. The lowest BCUT2D eigenvalue weighted by atomic mass is 9.96. The predicted octanol–water partition coefficient (Wildman–Crippen LogP) is 29.2. The molecule has 494 valence electrons. The lowest BCUT2D eigenvalue weighted by Gasteiger charge is -2.06. The van der Waals surface area contributed by atoms with Crippen LogP contribution < -0.4 is 0 Å². The minimum atomic E-state index is 0.957. The van der Waals surface area contributed by atoms with E-state index in [2.05, 4.69) is 338 Å². The summed E-state index contributed by atoms with van der Waals surface area (Å²) in [6, 6.07) is 113. The smallest absolute Gasteiger partial charge is 0.143 e. The zero-order chi connectivity index (χ0) is 69.7. The highest BCUT2D eigenvalue weighted by Gasteiger charge is 2.20. The highest BCUT2D eigenvalue weighted by atomic mass is 16.3. The second kappa shape index (κ2) is 25.1. The molecule has 0 unspecified atom stereocenters. The summed E-state index contributed by atoms with van der Waals surface area (Å²) >= 11 is 0. The van der Waals surface area contributed by atoms with Crippen molar-refractivity contribution in [1.82, 2.24) is 0 Å². The van der Waals surface area contributed by atoms with Gasteiger partial charge in [-0.05, 0) is 187 Å². The minimum Gasteiger partial charge on any atom is -0.456 e. The summed E-state index contributed by atoms with van der Waals surface area (Å²) in [6.45, 7) is 10.6. The number of fused-ring (bicyclic) bond motifs is 30. The molecule has 104 heavy (non-hydrogen) atoms. The molecule has 5 heteroatoms. The van der Waals surface area contributed by atoms with Gasteiger partial charge in [0.2, 0.25) is 0 Å². The zero-order valence-electron chi connectivity index (χ0n) is 58.1. The topological polar surface area (TPSA) is 65.7 Å². The summed E-state index contributed by atoms with van der Waals surface area (Å²) in [7, 11) is 0. The molecule has 5 nitrogen and oxygen atoms in total. The van der Waals surface area contributed by atoms with E-state index in [1.165, 1.54) is 163 Å². The van der Waals surface area contributed by atoms with Crippen molar-refractivity contribution in [3.63, 3.8) is 0 Å². The highest BCUT2D eigenvalue weighted by molar-refractivity contribution is 6.31. The van der Waals surface area contributed by atoms with Crippen molar-refractivity contribution in [3.8, 4) is 11.1 Å². The molecular formula is C99H68O5. The molecule has 0 amide bonds. The van der Waals surface area contributed by atoms with Crippen LogP contribution in [-0.2, 0) is 0 Å². The fourth-order valence-electron chi connectivity index (χ4n) is 16.0. The first kappa shape index (κ1) is 61.8. The van der Waals surface area contributed by atoms with Crippen LogP contribution in [-0.4, -0.2) is 0 Å². The van der Waals surface area contributed by atoms with Gasteiger partial charge in [-0.15, -0.1) is 0 Å². The van der Waals surface area contributed by atoms with Crippen molar-refractivity contribution >= 4 is 185 Å². The lowest BCUT2D eigenvalue weighted by Crippen LogP contribution is -1.81. The van der Waals surface area contributed by atoms with Crippen LogP contribution in [0.4, 0.5) is 0 Å². The minimum absolute atomic E-state index is 0.957. The highest BCUT2D eigenvalue weighted by Crippen LogP contribution is 2.45. The average molecular weight is 1340 g/mol. The maximum atomic E-state index is 6.33. The molecule has 0 fully saturated rings. The Morgan fingerprint density at radius 2 is 0.548 bits per heavy atom. The van der Waals surface area contributed by atoms with E-state index in [4.69, 9.17) is 22.1 Å². The second-order valence-electron chi connectivity index (χ2n) is 27.6. The van der Waals surface area contributed by atoms with E-state index >= 15 is 0 Å². The van der Waals surface area contributed by atoms with Crippen molar-refractivity contribution in [2.45, 2.75) is 34.6 Å². The number of hydrogen-bond donors (Lipinski definition) is 0. The number of furan rings is 5. The summed E-state index contributed by atoms with van der Waals surface area (Å²) in [5, 5.41) is 29.6. The van der Waals surface area contributed by atoms with E-state index < -0.39 is 0 Å². The van der Waals surface area contributed by atoms with Gasteiger partial charge >= 0.3 is 0 Å². The first-order valence-corrected chi connectivity index (χ1v) is 35.6. The van der Waals surface area contributed by atoms with Gasteiger partial charge in [0.05, 0.1) is 0 Å². The number of benzene rings is 18. The molecule has 0 bridgehead atoms. The van der Waals surface area contributed by atoms with Crippen LogP contribution in [0, 0.1) is 34.6 Å². The molecule has 0 aliphatic rings. The van der Waals surface area contributed by atoms with Crippen molar-refractivity contribution in [2.75, 3.05) is 0 Å². The van der Waals surface area contributed by atoms with Gasteiger partial charge in [0.25, 0.3) is 0 Å². The van der Waals surface area contributed by atoms with Crippen LogP contribution in [0.15, 0.2) is 344 Å². The van der Waals surface area contributed by atoms with E-state index in [0.717, 1.165) is 61.4 Å². The van der Waals surface area contributed by atoms with Gasteiger partial charge in [0.1, 0.15) is 55.8 Å². The fraction of sp³-hybridized carbons (Fsp3) is 0.0505. The Labute approximate surface area is 598 Å². The van der Waals surface area contributed by atoms with Crippen molar-refractivity contribution in [1.29, 1.82) is 0 Å². The molecule has 5 aromatic heterocycles. The number of para-hydroxylation sites is 1. The summed E-state index contributed by atoms with van der Waals surface area (Å²) in [4.78, 5) is 0. The molecular weight excluding hydrogens is 1270 g/mol. The van der Waals surface area contributed by atoms with Gasteiger partial charge in [-0.3, -0.25) is 0 Å². The summed E-state index contributed by atoms with van der Waals surface area (Å²) < 4.78 is 30.7. The van der Waals surface area contributed by atoms with E-state index in [1.807, 2.05) is 18.2 Å². The third-order valence-electron chi connectivity index (χ3n) is 20.9. The SMILES string of the molecule is Cc1cc2oc3ccc4ccccc4c3c2c2ccccc12.Cc1cc2oc3ccccc3c2c2ccccc12.Cc1ccc2c(c1)oc1c(-c3ccccc3)cc3ccccc3c12.Cc1ccc2c(c1)oc1c3ccccc3c3ccccc3c21.Cc1ccc2c(c1)oc1c3ccccc3ccc21. The Morgan fingerprint density at radius 1 is 0.173 bits per heavy atom. The molecule has 0 radical (unpaired) electrons. The number of aryl methyl sites for hydroxylation is 5. The standard InChI is InChI=1S/C23H16O.2C21H14O.2C17H12O/c1-15-11-12-19-21(13-15)24-23-20(16-7-3-2-4-8-16)14-17-9-5-6-10-18(17)22(19)23;1-13-10-11-18-19(12-13)22-21-17-9-5-3-7-15(17)14-6-2-4-8-16(14)20(18)21;1-13-12-19-21(17-9-5-4-7-15(13)17)20-16-8-3-2-6-14(16)10-11-18(20)22-19;1-11-10-16-17(13-7-3-2-6-12(11)13)14-8-4-5-9-15(14)18-16;1-11-6-8-14-15-9-7-12-4-2-3-5-13(12)17(15)18-16(14)10-11/h2-14H,1H3;2*2-12H,1H3;2*2-10H,1H3. The Hall–Kier alpha value is -13.2. The third-order valence-corrected chi connectivity index (χ3v) is 20.9. The van der Waals surface area contributed by atoms with Crippen LogP contribution >= 0.6 is 0 Å². The molecule has 0 aliphatic carbocycles. The Balaban J connectivity index is 0.0000000898. The third kappa shape index (κ3) is 10.5. The van der Waals surface area contributed by atoms with E-state index in [1.54, 1.807) is 0 Å². The van der Waals surface area contributed by atoms with E-state index in [9.17, 15) is 0 Å². The molecule has 0 saturated carbocycles. The van der Waals surface area contributed by atoms with E-state index in [-0.39, 0.29) is 0 Å². The van der Waals surface area contributed by atoms with Gasteiger partial charge < -0.3 is 22.1 Å². The van der Waals surface area contributed by atoms with Gasteiger partial charge in [0.15, 0.2) is 0 Å². The quantitative estimate of drug-likeness (QED) is 0.153. The Kier molecular flexibility index (Phi) is 14.9. The van der Waals surface area contributed by atoms with Gasteiger partial charge in [-0.1, -0.05) is 267 Å². The molecule has 23 rings (SSSR count). The van der Waals surface area contributed by atoms with Crippen LogP contribution in [0.5, 0.6) is 0 Å². The van der Waals surface area contributed by atoms with Gasteiger partial charge in [-0.25, -0.2) is 0 Å². The first-order chi connectivity index (χ1) is 51.1. The monoisotopic (exact) mass is 1340 g/mol. The maximum absolute atomic E-state index is 6.33. The van der Waals surface area contributed by atoms with Crippen LogP contribution in [0.3, 0.4) is 0 Å². The zero-order valence-corrected chi connectivity index (χ0v) is 58.1.